The highest BCUT2D eigenvalue weighted by Gasteiger charge is 2.55. The van der Waals surface area contributed by atoms with Gasteiger partial charge in [-0.25, -0.2) is 12.7 Å². The predicted molar refractivity (Wildman–Crippen MR) is 109 cm³/mol. The van der Waals surface area contributed by atoms with Crippen LogP contribution in [-0.4, -0.2) is 51.1 Å². The van der Waals surface area contributed by atoms with Crippen LogP contribution >= 0.6 is 0 Å². The predicted octanol–water partition coefficient (Wildman–Crippen LogP) is 3.03. The minimum absolute atomic E-state index is 0.0283. The number of nitrogens with zero attached hydrogens (tertiary/aromatic N) is 2. The van der Waals surface area contributed by atoms with Gasteiger partial charge in [0, 0.05) is 25.8 Å². The smallest absolute Gasteiger partial charge is 0.231 e. The highest BCUT2D eigenvalue weighted by Crippen LogP contribution is 2.50. The van der Waals surface area contributed by atoms with Gasteiger partial charge in [-0.2, -0.15) is 0 Å². The van der Waals surface area contributed by atoms with E-state index in [4.69, 9.17) is 4.74 Å². The summed E-state index contributed by atoms with van der Waals surface area (Å²) in [6, 6.07) is 7.43. The Morgan fingerprint density at radius 3 is 2.36 bits per heavy atom. The molecule has 0 radical (unpaired) electrons. The van der Waals surface area contributed by atoms with Crippen LogP contribution in [0.25, 0.3) is 0 Å². The molecular weight excluding hydrogens is 376 g/mol. The summed E-state index contributed by atoms with van der Waals surface area (Å²) in [5, 5.41) is -0.221. The molecule has 6 nitrogen and oxygen atoms in total. The zero-order valence-corrected chi connectivity index (χ0v) is 17.6. The van der Waals surface area contributed by atoms with Crippen LogP contribution < -0.4 is 9.64 Å². The summed E-state index contributed by atoms with van der Waals surface area (Å²) in [4.78, 5) is 15.2. The number of sulfonamides is 1. The summed E-state index contributed by atoms with van der Waals surface area (Å²) in [7, 11) is 0.145. The summed E-state index contributed by atoms with van der Waals surface area (Å²) < 4.78 is 32.6. The first-order valence-electron chi connectivity index (χ1n) is 10.3. The molecule has 0 aromatic heterocycles. The number of carbonyl (C=O) groups excluding carboxylic acids is 1. The molecule has 3 fully saturated rings. The van der Waals surface area contributed by atoms with Gasteiger partial charge in [-0.05, 0) is 55.4 Å². The molecule has 7 heteroatoms. The Kier molecular flexibility index (Phi) is 5.16. The molecule has 2 aliphatic carbocycles. The zero-order chi connectivity index (χ0) is 19.9. The third-order valence-corrected chi connectivity index (χ3v) is 9.17. The van der Waals surface area contributed by atoms with E-state index in [0.717, 1.165) is 50.0 Å². The first-order valence-corrected chi connectivity index (χ1v) is 11.8. The van der Waals surface area contributed by atoms with Gasteiger partial charge in [0.1, 0.15) is 5.75 Å². The number of rotatable bonds is 5. The van der Waals surface area contributed by atoms with Crippen LogP contribution in [-0.2, 0) is 14.8 Å². The largest absolute Gasteiger partial charge is 0.497 e. The normalized spacial score (nSPS) is 25.0. The van der Waals surface area contributed by atoms with Gasteiger partial charge in [-0.3, -0.25) is 4.79 Å². The monoisotopic (exact) mass is 406 g/mol. The van der Waals surface area contributed by atoms with E-state index >= 15 is 0 Å². The first-order chi connectivity index (χ1) is 13.4. The Morgan fingerprint density at radius 1 is 1.14 bits per heavy atom. The maximum absolute atomic E-state index is 13.5. The molecule has 1 aliphatic heterocycles. The number of anilines is 1. The van der Waals surface area contributed by atoms with Gasteiger partial charge in [-0.1, -0.05) is 19.3 Å². The molecule has 154 valence electrons. The van der Waals surface area contributed by atoms with E-state index in [9.17, 15) is 13.2 Å². The maximum atomic E-state index is 13.5. The molecule has 1 spiro atoms. The quantitative estimate of drug-likeness (QED) is 0.754. The highest BCUT2D eigenvalue weighted by molar-refractivity contribution is 7.90. The second kappa shape index (κ2) is 7.34. The van der Waals surface area contributed by atoms with Crippen molar-refractivity contribution in [3.05, 3.63) is 24.3 Å². The first kappa shape index (κ1) is 19.7. The molecular formula is C21H30N2O4S. The Bertz CT molecular complexity index is 826. The average Bonchev–Trinajstić information content (AvgIpc) is 3.51. The van der Waals surface area contributed by atoms with Crippen LogP contribution in [0.1, 0.15) is 44.9 Å². The lowest BCUT2D eigenvalue weighted by molar-refractivity contribution is -0.125. The van der Waals surface area contributed by atoms with E-state index in [2.05, 4.69) is 0 Å². The van der Waals surface area contributed by atoms with E-state index in [-0.39, 0.29) is 22.5 Å². The van der Waals surface area contributed by atoms with Gasteiger partial charge < -0.3 is 9.64 Å². The van der Waals surface area contributed by atoms with Crippen molar-refractivity contribution in [2.45, 2.75) is 50.2 Å². The van der Waals surface area contributed by atoms with Crippen molar-refractivity contribution in [2.24, 2.45) is 11.3 Å². The number of ether oxygens (including phenoxy) is 1. The van der Waals surface area contributed by atoms with E-state index in [1.165, 1.54) is 6.42 Å². The topological polar surface area (TPSA) is 66.9 Å². The molecule has 3 aliphatic rings. The van der Waals surface area contributed by atoms with Gasteiger partial charge in [0.05, 0.1) is 18.3 Å². The Labute approximate surface area is 167 Å². The van der Waals surface area contributed by atoms with Gasteiger partial charge >= 0.3 is 0 Å². The second-order valence-electron chi connectivity index (χ2n) is 8.61. The molecule has 1 saturated heterocycles. The minimum Gasteiger partial charge on any atom is -0.497 e. The van der Waals surface area contributed by atoms with Crippen molar-refractivity contribution < 1.29 is 17.9 Å². The van der Waals surface area contributed by atoms with Crippen molar-refractivity contribution in [1.82, 2.24) is 4.31 Å². The second-order valence-corrected chi connectivity index (χ2v) is 10.8. The van der Waals surface area contributed by atoms with Crippen LogP contribution in [0.15, 0.2) is 24.3 Å². The van der Waals surface area contributed by atoms with Crippen molar-refractivity contribution in [1.29, 1.82) is 0 Å². The lowest BCUT2D eigenvalue weighted by Gasteiger charge is -2.38. The SMILES string of the molecule is COc1ccc(N(C)C(=O)C2CN(S(=O)(=O)C3CC3)CC23CCCCC3)cc1. The fourth-order valence-electron chi connectivity index (χ4n) is 4.96. The molecule has 2 saturated carbocycles. The molecule has 1 amide bonds. The van der Waals surface area contributed by atoms with Gasteiger partial charge in [0.2, 0.25) is 15.9 Å². The molecule has 1 aromatic rings. The van der Waals surface area contributed by atoms with Crippen molar-refractivity contribution >= 4 is 21.6 Å². The number of hydrogen-bond donors (Lipinski definition) is 0. The maximum Gasteiger partial charge on any atom is 0.231 e. The van der Waals surface area contributed by atoms with E-state index in [1.807, 2.05) is 24.3 Å². The van der Waals surface area contributed by atoms with Crippen molar-refractivity contribution in [3.8, 4) is 5.75 Å². The Hall–Kier alpha value is -1.60. The standard InChI is InChI=1S/C21H30N2O4S/c1-22(16-6-8-17(27-2)9-7-16)20(24)19-14-23(28(25,26)18-10-11-18)15-21(19)12-4-3-5-13-21/h6-9,18-19H,3-5,10-15H2,1-2H3. The molecule has 1 unspecified atom stereocenters. The third-order valence-electron chi connectivity index (χ3n) is 6.86. The summed E-state index contributed by atoms with van der Waals surface area (Å²) in [6.07, 6.45) is 6.73. The van der Waals surface area contributed by atoms with Gasteiger partial charge in [0.25, 0.3) is 0 Å². The summed E-state index contributed by atoms with van der Waals surface area (Å²) in [5.74, 6) is 0.505. The Morgan fingerprint density at radius 2 is 1.79 bits per heavy atom. The van der Waals surface area contributed by atoms with E-state index < -0.39 is 10.0 Å². The number of benzene rings is 1. The molecule has 1 aromatic carbocycles. The third kappa shape index (κ3) is 3.43. The highest BCUT2D eigenvalue weighted by atomic mass is 32.2. The van der Waals surface area contributed by atoms with Crippen molar-refractivity contribution in [2.75, 3.05) is 32.1 Å². The zero-order valence-electron chi connectivity index (χ0n) is 16.8. The van der Waals surface area contributed by atoms with Gasteiger partial charge in [0.15, 0.2) is 0 Å². The summed E-state index contributed by atoms with van der Waals surface area (Å²) in [5.41, 5.74) is 0.596. The van der Waals surface area contributed by atoms with Gasteiger partial charge in [-0.15, -0.1) is 0 Å². The summed E-state index contributed by atoms with van der Waals surface area (Å²) in [6.45, 7) is 0.844. The number of carbonyl (C=O) groups is 1. The van der Waals surface area contributed by atoms with Crippen LogP contribution in [0.2, 0.25) is 0 Å². The molecule has 1 atom stereocenters. The Balaban J connectivity index is 1.59. The summed E-state index contributed by atoms with van der Waals surface area (Å²) >= 11 is 0. The van der Waals surface area contributed by atoms with Crippen LogP contribution in [0.5, 0.6) is 5.75 Å². The average molecular weight is 407 g/mol. The molecule has 0 bridgehead atoms. The lowest BCUT2D eigenvalue weighted by atomic mass is 9.67. The fourth-order valence-corrected chi connectivity index (χ4v) is 6.91. The van der Waals surface area contributed by atoms with E-state index in [0.29, 0.717) is 13.1 Å². The van der Waals surface area contributed by atoms with E-state index in [1.54, 1.807) is 23.4 Å². The van der Waals surface area contributed by atoms with Crippen molar-refractivity contribution in [3.63, 3.8) is 0 Å². The van der Waals surface area contributed by atoms with Crippen LogP contribution in [0, 0.1) is 11.3 Å². The fraction of sp³-hybridized carbons (Fsp3) is 0.667. The number of amides is 1. The van der Waals surface area contributed by atoms with Crippen LogP contribution in [0.3, 0.4) is 0 Å². The number of hydrogen-bond acceptors (Lipinski definition) is 4. The molecule has 1 heterocycles. The minimum atomic E-state index is -3.26. The molecule has 0 N–H and O–H groups in total. The number of methoxy groups -OCH3 is 1. The lowest BCUT2D eigenvalue weighted by Crippen LogP contribution is -2.43. The molecule has 28 heavy (non-hydrogen) atoms. The molecule has 4 rings (SSSR count). The van der Waals surface area contributed by atoms with Crippen LogP contribution in [0.4, 0.5) is 5.69 Å².